The first kappa shape index (κ1) is 28.0. The number of benzene rings is 1. The summed E-state index contributed by atoms with van der Waals surface area (Å²) in [5.74, 6) is 2.59. The molecule has 1 aliphatic heterocycles. The molecule has 1 aromatic rings. The monoisotopic (exact) mass is 567 g/mol. The van der Waals surface area contributed by atoms with E-state index in [1.807, 2.05) is 38.1 Å². The van der Waals surface area contributed by atoms with Crippen molar-refractivity contribution in [2.24, 2.45) is 16.8 Å². The predicted octanol–water partition coefficient (Wildman–Crippen LogP) is 3.95. The van der Waals surface area contributed by atoms with E-state index >= 15 is 0 Å². The number of hydrogen-bond acceptors (Lipinski definition) is 5. The molecular weight excluding hydrogens is 529 g/mol. The molecule has 2 N–H and O–H groups in total. The van der Waals surface area contributed by atoms with Gasteiger partial charge in [-0.15, -0.1) is 24.0 Å². The average Bonchev–Trinajstić information content (AvgIpc) is 3.02. The molecule has 1 aliphatic rings. The molecule has 0 amide bonds. The summed E-state index contributed by atoms with van der Waals surface area (Å²) in [6.07, 6.45) is 1.68. The molecule has 1 aromatic carbocycles. The standard InChI is InChI=1S/C22H37N3O4S.HI/c1-17(2)15-28-12-5-11-23-22(24-14-19-10-13-30(26,27)16-19)25-20-6-8-21(9-7-20)29-18(3)4;/h6-9,17-19H,5,10-16H2,1-4H3,(H2,23,24,25);1H. The summed E-state index contributed by atoms with van der Waals surface area (Å²) < 4.78 is 34.7. The van der Waals surface area contributed by atoms with Crippen LogP contribution in [0.4, 0.5) is 5.69 Å². The van der Waals surface area contributed by atoms with Crippen molar-refractivity contribution in [3.05, 3.63) is 24.3 Å². The van der Waals surface area contributed by atoms with E-state index in [-0.39, 0.29) is 47.5 Å². The van der Waals surface area contributed by atoms with E-state index in [4.69, 9.17) is 9.47 Å². The van der Waals surface area contributed by atoms with E-state index < -0.39 is 9.84 Å². The van der Waals surface area contributed by atoms with Gasteiger partial charge in [0.05, 0.1) is 17.6 Å². The Morgan fingerprint density at radius 3 is 2.48 bits per heavy atom. The highest BCUT2D eigenvalue weighted by atomic mass is 127. The Morgan fingerprint density at radius 1 is 1.19 bits per heavy atom. The van der Waals surface area contributed by atoms with E-state index in [1.165, 1.54) is 0 Å². The average molecular weight is 568 g/mol. The Bertz CT molecular complexity index is 767. The minimum absolute atomic E-state index is 0. The highest BCUT2D eigenvalue weighted by Crippen LogP contribution is 2.19. The Labute approximate surface area is 204 Å². The van der Waals surface area contributed by atoms with Crippen LogP contribution in [0.2, 0.25) is 0 Å². The van der Waals surface area contributed by atoms with Crippen molar-refractivity contribution in [1.82, 2.24) is 5.32 Å². The summed E-state index contributed by atoms with van der Waals surface area (Å²) in [5.41, 5.74) is 0.896. The number of rotatable bonds is 11. The highest BCUT2D eigenvalue weighted by molar-refractivity contribution is 14.0. The first-order valence-electron chi connectivity index (χ1n) is 10.8. The third-order valence-electron chi connectivity index (χ3n) is 4.53. The van der Waals surface area contributed by atoms with Crippen LogP contribution in [0.25, 0.3) is 0 Å². The van der Waals surface area contributed by atoms with Crippen molar-refractivity contribution >= 4 is 45.5 Å². The van der Waals surface area contributed by atoms with Crippen LogP contribution >= 0.6 is 24.0 Å². The SMILES string of the molecule is CC(C)COCCCNC(=NCC1CCS(=O)(=O)C1)Nc1ccc(OC(C)C)cc1.I. The largest absolute Gasteiger partial charge is 0.491 e. The molecule has 0 radical (unpaired) electrons. The number of guanidine groups is 1. The van der Waals surface area contributed by atoms with Gasteiger partial charge in [0.15, 0.2) is 15.8 Å². The van der Waals surface area contributed by atoms with E-state index in [9.17, 15) is 8.42 Å². The Morgan fingerprint density at radius 2 is 1.90 bits per heavy atom. The molecular formula is C22H38IN3O4S. The van der Waals surface area contributed by atoms with E-state index in [0.29, 0.717) is 31.4 Å². The van der Waals surface area contributed by atoms with Gasteiger partial charge in [-0.25, -0.2) is 8.42 Å². The fourth-order valence-electron chi connectivity index (χ4n) is 3.10. The van der Waals surface area contributed by atoms with Gasteiger partial charge in [0.1, 0.15) is 5.75 Å². The molecule has 0 spiro atoms. The zero-order valence-electron chi connectivity index (χ0n) is 19.1. The molecule has 2 rings (SSSR count). The molecule has 1 saturated heterocycles. The summed E-state index contributed by atoms with van der Waals surface area (Å²) in [5, 5.41) is 6.63. The van der Waals surface area contributed by atoms with E-state index in [2.05, 4.69) is 29.5 Å². The summed E-state index contributed by atoms with van der Waals surface area (Å²) in [7, 11) is -2.89. The van der Waals surface area contributed by atoms with Crippen LogP contribution in [0.3, 0.4) is 0 Å². The number of ether oxygens (including phenoxy) is 2. The fraction of sp³-hybridized carbons (Fsp3) is 0.682. The van der Waals surface area contributed by atoms with E-state index in [1.54, 1.807) is 0 Å². The van der Waals surface area contributed by atoms with Crippen molar-refractivity contribution in [2.45, 2.75) is 46.6 Å². The van der Waals surface area contributed by atoms with Gasteiger partial charge >= 0.3 is 0 Å². The highest BCUT2D eigenvalue weighted by Gasteiger charge is 2.27. The zero-order valence-corrected chi connectivity index (χ0v) is 22.2. The van der Waals surface area contributed by atoms with Gasteiger partial charge in [-0.2, -0.15) is 0 Å². The second-order valence-electron chi connectivity index (χ2n) is 8.52. The maximum atomic E-state index is 11.7. The topological polar surface area (TPSA) is 89.0 Å². The number of anilines is 1. The van der Waals surface area contributed by atoms with Gasteiger partial charge in [0.25, 0.3) is 0 Å². The smallest absolute Gasteiger partial charge is 0.195 e. The molecule has 1 fully saturated rings. The van der Waals surface area contributed by atoms with Crippen LogP contribution in [0.15, 0.2) is 29.3 Å². The molecule has 0 bridgehead atoms. The van der Waals surface area contributed by atoms with Crippen LogP contribution < -0.4 is 15.4 Å². The molecule has 178 valence electrons. The molecule has 0 aliphatic carbocycles. The summed E-state index contributed by atoms with van der Waals surface area (Å²) in [6, 6.07) is 7.73. The molecule has 1 unspecified atom stereocenters. The Hall–Kier alpha value is -1.07. The van der Waals surface area contributed by atoms with Crippen molar-refractivity contribution in [3.63, 3.8) is 0 Å². The molecule has 0 aromatic heterocycles. The zero-order chi connectivity index (χ0) is 22.0. The maximum absolute atomic E-state index is 11.7. The van der Waals surface area contributed by atoms with Gasteiger partial charge in [-0.1, -0.05) is 13.8 Å². The van der Waals surface area contributed by atoms with Crippen molar-refractivity contribution in [1.29, 1.82) is 0 Å². The maximum Gasteiger partial charge on any atom is 0.195 e. The van der Waals surface area contributed by atoms with Crippen LogP contribution in [0, 0.1) is 11.8 Å². The van der Waals surface area contributed by atoms with Gasteiger partial charge < -0.3 is 20.1 Å². The van der Waals surface area contributed by atoms with Crippen LogP contribution in [-0.2, 0) is 14.6 Å². The van der Waals surface area contributed by atoms with Gasteiger partial charge in [-0.3, -0.25) is 4.99 Å². The van der Waals surface area contributed by atoms with Crippen molar-refractivity contribution in [3.8, 4) is 5.75 Å². The van der Waals surface area contributed by atoms with Crippen molar-refractivity contribution in [2.75, 3.05) is 43.1 Å². The minimum Gasteiger partial charge on any atom is -0.491 e. The first-order chi connectivity index (χ1) is 14.2. The lowest BCUT2D eigenvalue weighted by atomic mass is 10.1. The molecule has 1 atom stereocenters. The number of nitrogens with zero attached hydrogens (tertiary/aromatic N) is 1. The quantitative estimate of drug-likeness (QED) is 0.182. The summed E-state index contributed by atoms with van der Waals surface area (Å²) in [4.78, 5) is 4.64. The minimum atomic E-state index is -2.89. The lowest BCUT2D eigenvalue weighted by Gasteiger charge is -2.15. The number of hydrogen-bond donors (Lipinski definition) is 2. The predicted molar refractivity (Wildman–Crippen MR) is 139 cm³/mol. The van der Waals surface area contributed by atoms with E-state index in [0.717, 1.165) is 31.0 Å². The lowest BCUT2D eigenvalue weighted by Crippen LogP contribution is -2.33. The number of nitrogens with one attached hydrogen (secondary N) is 2. The van der Waals surface area contributed by atoms with Gasteiger partial charge in [0.2, 0.25) is 0 Å². The third-order valence-corrected chi connectivity index (χ3v) is 6.37. The Balaban J connectivity index is 0.00000480. The summed E-state index contributed by atoms with van der Waals surface area (Å²) >= 11 is 0. The number of aliphatic imine (C=N–C) groups is 1. The first-order valence-corrected chi connectivity index (χ1v) is 12.7. The molecule has 7 nitrogen and oxygen atoms in total. The molecule has 0 saturated carbocycles. The van der Waals surface area contributed by atoms with Gasteiger partial charge in [-0.05, 0) is 62.8 Å². The lowest BCUT2D eigenvalue weighted by molar-refractivity contribution is 0.108. The second-order valence-corrected chi connectivity index (χ2v) is 10.8. The fourth-order valence-corrected chi connectivity index (χ4v) is 4.95. The molecule has 9 heteroatoms. The Kier molecular flexibility index (Phi) is 12.8. The molecule has 1 heterocycles. The number of halogens is 1. The van der Waals surface area contributed by atoms with Crippen LogP contribution in [-0.4, -0.2) is 58.3 Å². The second kappa shape index (κ2) is 14.2. The summed E-state index contributed by atoms with van der Waals surface area (Å²) in [6.45, 7) is 10.9. The molecule has 31 heavy (non-hydrogen) atoms. The van der Waals surface area contributed by atoms with Crippen LogP contribution in [0.1, 0.15) is 40.5 Å². The van der Waals surface area contributed by atoms with Crippen molar-refractivity contribution < 1.29 is 17.9 Å². The van der Waals surface area contributed by atoms with Gasteiger partial charge in [0, 0.05) is 32.0 Å². The van der Waals surface area contributed by atoms with Crippen LogP contribution in [0.5, 0.6) is 5.75 Å². The third kappa shape index (κ3) is 11.9. The number of sulfone groups is 1. The normalized spacial score (nSPS) is 18.1.